The highest BCUT2D eigenvalue weighted by atomic mass is 32.1. The van der Waals surface area contributed by atoms with Gasteiger partial charge in [-0.3, -0.25) is 4.99 Å². The molecule has 6 nitrogen and oxygen atoms in total. The summed E-state index contributed by atoms with van der Waals surface area (Å²) in [7, 11) is 7.12. The molecule has 148 valence electrons. The quantitative estimate of drug-likeness (QED) is 0.383. The molecule has 2 rings (SSSR count). The van der Waals surface area contributed by atoms with Crippen molar-refractivity contribution in [3.8, 4) is 17.2 Å². The molecule has 0 fully saturated rings. The summed E-state index contributed by atoms with van der Waals surface area (Å²) < 4.78 is 16.3. The molecule has 1 aromatic carbocycles. The summed E-state index contributed by atoms with van der Waals surface area (Å²) in [4.78, 5) is 7.88. The zero-order chi connectivity index (χ0) is 19.5. The second-order valence-electron chi connectivity index (χ2n) is 5.98. The van der Waals surface area contributed by atoms with Crippen molar-refractivity contribution in [2.75, 3.05) is 48.0 Å². The first kappa shape index (κ1) is 20.9. The first-order valence-electron chi connectivity index (χ1n) is 8.96. The molecule has 27 heavy (non-hydrogen) atoms. The molecule has 1 heterocycles. The van der Waals surface area contributed by atoms with Gasteiger partial charge in [-0.1, -0.05) is 6.07 Å². The molecule has 0 amide bonds. The standard InChI is InChI=1S/C20H29N3O3S/c1-21-20(23(2)10-8-19-7-5-12-27-19)22-9-6-11-26-18-14-16(24-3)13-17(15-18)25-4/h5,7,12-15H,6,8-11H2,1-4H3,(H,21,22). The summed E-state index contributed by atoms with van der Waals surface area (Å²) in [5.74, 6) is 3.07. The third-order valence-electron chi connectivity index (χ3n) is 4.05. The number of benzene rings is 1. The molecule has 0 unspecified atom stereocenters. The van der Waals surface area contributed by atoms with E-state index >= 15 is 0 Å². The Hall–Kier alpha value is -2.41. The second kappa shape index (κ2) is 11.3. The number of hydrogen-bond donors (Lipinski definition) is 1. The van der Waals surface area contributed by atoms with E-state index in [0.717, 1.165) is 49.1 Å². The van der Waals surface area contributed by atoms with E-state index in [4.69, 9.17) is 14.2 Å². The van der Waals surface area contributed by atoms with E-state index in [1.807, 2.05) is 25.2 Å². The average molecular weight is 392 g/mol. The van der Waals surface area contributed by atoms with E-state index in [0.29, 0.717) is 6.61 Å². The summed E-state index contributed by atoms with van der Waals surface area (Å²) in [5, 5.41) is 5.49. The fraction of sp³-hybridized carbons (Fsp3) is 0.450. The highest BCUT2D eigenvalue weighted by molar-refractivity contribution is 7.09. The predicted octanol–water partition coefficient (Wildman–Crippen LogP) is 3.28. The van der Waals surface area contributed by atoms with Gasteiger partial charge < -0.3 is 24.4 Å². The lowest BCUT2D eigenvalue weighted by atomic mass is 10.3. The molecule has 0 aliphatic heterocycles. The first-order valence-corrected chi connectivity index (χ1v) is 9.84. The molecule has 0 atom stereocenters. The maximum atomic E-state index is 5.81. The fourth-order valence-corrected chi connectivity index (χ4v) is 3.25. The summed E-state index contributed by atoms with van der Waals surface area (Å²) in [5.41, 5.74) is 0. The Bertz CT molecular complexity index is 682. The van der Waals surface area contributed by atoms with Crippen LogP contribution in [0.15, 0.2) is 40.7 Å². The number of rotatable bonds is 10. The third-order valence-corrected chi connectivity index (χ3v) is 4.98. The molecule has 0 bridgehead atoms. The van der Waals surface area contributed by atoms with Crippen molar-refractivity contribution in [2.24, 2.45) is 4.99 Å². The average Bonchev–Trinajstić information content (AvgIpc) is 3.22. The van der Waals surface area contributed by atoms with Gasteiger partial charge in [0, 0.05) is 50.3 Å². The SMILES string of the molecule is CN=C(NCCCOc1cc(OC)cc(OC)c1)N(C)CCc1cccs1. The summed E-state index contributed by atoms with van der Waals surface area (Å²) in [6, 6.07) is 9.79. The van der Waals surface area contributed by atoms with Crippen LogP contribution in [0.1, 0.15) is 11.3 Å². The van der Waals surface area contributed by atoms with Gasteiger partial charge in [0.05, 0.1) is 20.8 Å². The van der Waals surface area contributed by atoms with Crippen molar-refractivity contribution >= 4 is 17.3 Å². The number of nitrogens with one attached hydrogen (secondary N) is 1. The lowest BCUT2D eigenvalue weighted by Gasteiger charge is -2.21. The van der Waals surface area contributed by atoms with E-state index in [9.17, 15) is 0 Å². The number of hydrogen-bond acceptors (Lipinski definition) is 5. The molecule has 1 aromatic heterocycles. The summed E-state index contributed by atoms with van der Waals surface area (Å²) in [6.45, 7) is 2.32. The Kier molecular flexibility index (Phi) is 8.77. The van der Waals surface area contributed by atoms with E-state index in [1.165, 1.54) is 4.88 Å². The molecule has 2 aromatic rings. The Morgan fingerprint density at radius 3 is 2.44 bits per heavy atom. The number of guanidine groups is 1. The van der Waals surface area contributed by atoms with Crippen molar-refractivity contribution in [3.05, 3.63) is 40.6 Å². The van der Waals surface area contributed by atoms with Crippen LogP contribution in [0, 0.1) is 0 Å². The molecule has 0 aliphatic rings. The molecule has 0 saturated carbocycles. The predicted molar refractivity (Wildman–Crippen MR) is 112 cm³/mol. The normalized spacial score (nSPS) is 11.2. The van der Waals surface area contributed by atoms with E-state index in [2.05, 4.69) is 39.8 Å². The van der Waals surface area contributed by atoms with Crippen LogP contribution in [0.25, 0.3) is 0 Å². The highest BCUT2D eigenvalue weighted by Crippen LogP contribution is 2.27. The summed E-state index contributed by atoms with van der Waals surface area (Å²) in [6.07, 6.45) is 1.88. The molecule has 7 heteroatoms. The van der Waals surface area contributed by atoms with Crippen LogP contribution in [-0.4, -0.2) is 58.9 Å². The zero-order valence-corrected chi connectivity index (χ0v) is 17.3. The number of likely N-dealkylation sites (N-methyl/N-ethyl adjacent to an activating group) is 1. The van der Waals surface area contributed by atoms with Crippen LogP contribution >= 0.6 is 11.3 Å². The minimum absolute atomic E-state index is 0.596. The van der Waals surface area contributed by atoms with Crippen LogP contribution in [0.2, 0.25) is 0 Å². The van der Waals surface area contributed by atoms with E-state index < -0.39 is 0 Å². The van der Waals surface area contributed by atoms with E-state index in [-0.39, 0.29) is 0 Å². The Labute approximate surface area is 165 Å². The van der Waals surface area contributed by atoms with Crippen LogP contribution in [0.4, 0.5) is 0 Å². The lowest BCUT2D eigenvalue weighted by molar-refractivity contribution is 0.304. The van der Waals surface area contributed by atoms with Crippen LogP contribution < -0.4 is 19.5 Å². The second-order valence-corrected chi connectivity index (χ2v) is 7.01. The molecular weight excluding hydrogens is 362 g/mol. The minimum atomic E-state index is 0.596. The van der Waals surface area contributed by atoms with E-state index in [1.54, 1.807) is 25.6 Å². The topological polar surface area (TPSA) is 55.3 Å². The number of methoxy groups -OCH3 is 2. The molecule has 0 radical (unpaired) electrons. The smallest absolute Gasteiger partial charge is 0.193 e. The number of ether oxygens (including phenoxy) is 3. The van der Waals surface area contributed by atoms with Gasteiger partial charge in [-0.2, -0.15) is 0 Å². The number of thiophene rings is 1. The van der Waals surface area contributed by atoms with Gasteiger partial charge in [-0.25, -0.2) is 0 Å². The monoisotopic (exact) mass is 391 g/mol. The molecular formula is C20H29N3O3S. The maximum absolute atomic E-state index is 5.81. The van der Waals surface area contributed by atoms with Crippen LogP contribution in [0.3, 0.4) is 0 Å². The zero-order valence-electron chi connectivity index (χ0n) is 16.5. The minimum Gasteiger partial charge on any atom is -0.496 e. The van der Waals surface area contributed by atoms with Gasteiger partial charge >= 0.3 is 0 Å². The van der Waals surface area contributed by atoms with Gasteiger partial charge in [0.2, 0.25) is 0 Å². The van der Waals surface area contributed by atoms with Crippen LogP contribution in [-0.2, 0) is 6.42 Å². The fourth-order valence-electron chi connectivity index (χ4n) is 2.55. The van der Waals surface area contributed by atoms with Crippen LogP contribution in [0.5, 0.6) is 17.2 Å². The molecule has 1 N–H and O–H groups in total. The maximum Gasteiger partial charge on any atom is 0.193 e. The summed E-state index contributed by atoms with van der Waals surface area (Å²) >= 11 is 1.79. The van der Waals surface area contributed by atoms with Crippen molar-refractivity contribution < 1.29 is 14.2 Å². The van der Waals surface area contributed by atoms with Crippen molar-refractivity contribution in [1.82, 2.24) is 10.2 Å². The Morgan fingerprint density at radius 2 is 1.85 bits per heavy atom. The number of aliphatic imine (C=N–C) groups is 1. The van der Waals surface area contributed by atoms with Gasteiger partial charge in [0.1, 0.15) is 17.2 Å². The highest BCUT2D eigenvalue weighted by Gasteiger charge is 2.06. The van der Waals surface area contributed by atoms with Gasteiger partial charge in [-0.15, -0.1) is 11.3 Å². The Balaban J connectivity index is 1.70. The van der Waals surface area contributed by atoms with Gasteiger partial charge in [-0.05, 0) is 24.3 Å². The van der Waals surface area contributed by atoms with Gasteiger partial charge in [0.25, 0.3) is 0 Å². The molecule has 0 aliphatic carbocycles. The number of nitrogens with zero attached hydrogens (tertiary/aromatic N) is 2. The molecule has 0 spiro atoms. The van der Waals surface area contributed by atoms with Gasteiger partial charge in [0.15, 0.2) is 5.96 Å². The van der Waals surface area contributed by atoms with Crippen molar-refractivity contribution in [3.63, 3.8) is 0 Å². The largest absolute Gasteiger partial charge is 0.496 e. The van der Waals surface area contributed by atoms with Crippen molar-refractivity contribution in [1.29, 1.82) is 0 Å². The van der Waals surface area contributed by atoms with Crippen molar-refractivity contribution in [2.45, 2.75) is 12.8 Å². The Morgan fingerprint density at radius 1 is 1.15 bits per heavy atom. The third kappa shape index (κ3) is 7.02. The molecule has 0 saturated heterocycles. The first-order chi connectivity index (χ1) is 13.2. The lowest BCUT2D eigenvalue weighted by Crippen LogP contribution is -2.40.